The van der Waals surface area contributed by atoms with Crippen molar-refractivity contribution in [3.63, 3.8) is 0 Å². The van der Waals surface area contributed by atoms with Crippen molar-refractivity contribution < 1.29 is 0 Å². The SMILES string of the molecule is CCNC(=NCCCc1nnc2ccccn12)N1CCC(C)CC1.I. The van der Waals surface area contributed by atoms with Gasteiger partial charge in [-0.25, -0.2) is 0 Å². The Hall–Kier alpha value is -1.38. The highest BCUT2D eigenvalue weighted by molar-refractivity contribution is 14.0. The highest BCUT2D eigenvalue weighted by atomic mass is 127. The van der Waals surface area contributed by atoms with E-state index in [1.165, 1.54) is 12.8 Å². The summed E-state index contributed by atoms with van der Waals surface area (Å²) in [4.78, 5) is 7.21. The molecule has 0 aromatic carbocycles. The van der Waals surface area contributed by atoms with Crippen LogP contribution in [-0.2, 0) is 6.42 Å². The number of fused-ring (bicyclic) bond motifs is 1. The molecule has 2 aromatic rings. The van der Waals surface area contributed by atoms with Crippen LogP contribution in [0.2, 0.25) is 0 Å². The minimum atomic E-state index is 0. The maximum atomic E-state index is 4.82. The zero-order chi connectivity index (χ0) is 16.8. The molecule has 0 spiro atoms. The lowest BCUT2D eigenvalue weighted by Gasteiger charge is -2.33. The number of piperidine rings is 1. The number of aliphatic imine (C=N–C) groups is 1. The molecule has 1 aliphatic heterocycles. The van der Waals surface area contributed by atoms with E-state index in [1.54, 1.807) is 0 Å². The van der Waals surface area contributed by atoms with Crippen molar-refractivity contribution in [3.8, 4) is 0 Å². The number of hydrogen-bond acceptors (Lipinski definition) is 3. The van der Waals surface area contributed by atoms with Crippen LogP contribution in [0, 0.1) is 5.92 Å². The zero-order valence-corrected chi connectivity index (χ0v) is 17.5. The van der Waals surface area contributed by atoms with Gasteiger partial charge in [0.1, 0.15) is 5.82 Å². The molecule has 138 valence electrons. The van der Waals surface area contributed by atoms with E-state index in [2.05, 4.69) is 38.7 Å². The van der Waals surface area contributed by atoms with Gasteiger partial charge in [0.15, 0.2) is 11.6 Å². The normalized spacial score (nSPS) is 16.1. The molecule has 0 atom stereocenters. The molecule has 0 saturated carbocycles. The van der Waals surface area contributed by atoms with Gasteiger partial charge >= 0.3 is 0 Å². The van der Waals surface area contributed by atoms with Gasteiger partial charge in [-0.2, -0.15) is 0 Å². The van der Waals surface area contributed by atoms with Gasteiger partial charge in [-0.05, 0) is 44.2 Å². The number of aryl methyl sites for hydroxylation is 1. The van der Waals surface area contributed by atoms with Crippen molar-refractivity contribution in [1.82, 2.24) is 24.8 Å². The lowest BCUT2D eigenvalue weighted by Crippen LogP contribution is -2.45. The first kappa shape index (κ1) is 19.9. The predicted octanol–water partition coefficient (Wildman–Crippen LogP) is 2.98. The van der Waals surface area contributed by atoms with Crippen molar-refractivity contribution in [2.24, 2.45) is 10.9 Å². The molecule has 0 unspecified atom stereocenters. The van der Waals surface area contributed by atoms with Gasteiger partial charge < -0.3 is 10.2 Å². The second kappa shape index (κ2) is 9.94. The second-order valence-electron chi connectivity index (χ2n) is 6.55. The van der Waals surface area contributed by atoms with Crippen molar-refractivity contribution in [2.75, 3.05) is 26.2 Å². The average Bonchev–Trinajstić information content (AvgIpc) is 3.02. The van der Waals surface area contributed by atoms with Crippen LogP contribution in [0.4, 0.5) is 0 Å². The lowest BCUT2D eigenvalue weighted by molar-refractivity contribution is 0.273. The summed E-state index contributed by atoms with van der Waals surface area (Å²) in [5.41, 5.74) is 0.909. The summed E-state index contributed by atoms with van der Waals surface area (Å²) in [6, 6.07) is 5.98. The van der Waals surface area contributed by atoms with Gasteiger partial charge in [-0.1, -0.05) is 13.0 Å². The van der Waals surface area contributed by atoms with E-state index in [1.807, 2.05) is 24.4 Å². The van der Waals surface area contributed by atoms with Crippen LogP contribution in [0.1, 0.15) is 38.9 Å². The molecule has 0 radical (unpaired) electrons. The minimum absolute atomic E-state index is 0. The van der Waals surface area contributed by atoms with Gasteiger partial charge in [0.05, 0.1) is 0 Å². The number of likely N-dealkylation sites (tertiary alicyclic amines) is 1. The lowest BCUT2D eigenvalue weighted by atomic mass is 10.00. The second-order valence-corrected chi connectivity index (χ2v) is 6.55. The molecule has 25 heavy (non-hydrogen) atoms. The van der Waals surface area contributed by atoms with Crippen LogP contribution in [-0.4, -0.2) is 51.6 Å². The molecule has 1 aliphatic rings. The van der Waals surface area contributed by atoms with E-state index in [0.717, 1.165) is 62.4 Å². The molecule has 7 heteroatoms. The van der Waals surface area contributed by atoms with Crippen LogP contribution in [0.25, 0.3) is 5.65 Å². The Morgan fingerprint density at radius 2 is 2.08 bits per heavy atom. The first-order chi connectivity index (χ1) is 11.8. The molecule has 6 nitrogen and oxygen atoms in total. The number of halogens is 1. The predicted molar refractivity (Wildman–Crippen MR) is 113 cm³/mol. The third kappa shape index (κ3) is 5.29. The molecule has 0 bridgehead atoms. The molecular weight excluding hydrogens is 427 g/mol. The zero-order valence-electron chi connectivity index (χ0n) is 15.2. The Labute approximate surface area is 167 Å². The summed E-state index contributed by atoms with van der Waals surface area (Å²) in [5, 5.41) is 11.9. The number of nitrogens with zero attached hydrogens (tertiary/aromatic N) is 5. The Balaban J connectivity index is 0.00000225. The number of aromatic nitrogens is 3. The van der Waals surface area contributed by atoms with Crippen molar-refractivity contribution in [3.05, 3.63) is 30.2 Å². The van der Waals surface area contributed by atoms with Gasteiger partial charge in [0, 0.05) is 38.8 Å². The Morgan fingerprint density at radius 1 is 1.28 bits per heavy atom. The summed E-state index contributed by atoms with van der Waals surface area (Å²) in [6.45, 7) is 8.42. The number of nitrogens with one attached hydrogen (secondary N) is 1. The van der Waals surface area contributed by atoms with Gasteiger partial charge in [0.2, 0.25) is 0 Å². The summed E-state index contributed by atoms with van der Waals surface area (Å²) in [5.74, 6) is 2.92. The number of hydrogen-bond donors (Lipinski definition) is 1. The molecular formula is C18H29IN6. The Kier molecular flexibility index (Phi) is 7.92. The maximum absolute atomic E-state index is 4.82. The van der Waals surface area contributed by atoms with E-state index < -0.39 is 0 Å². The van der Waals surface area contributed by atoms with E-state index >= 15 is 0 Å². The molecule has 2 aromatic heterocycles. The van der Waals surface area contributed by atoms with Gasteiger partial charge in [-0.15, -0.1) is 34.2 Å². The highest BCUT2D eigenvalue weighted by Crippen LogP contribution is 2.16. The molecule has 1 fully saturated rings. The molecule has 0 amide bonds. The van der Waals surface area contributed by atoms with Crippen LogP contribution >= 0.6 is 24.0 Å². The smallest absolute Gasteiger partial charge is 0.193 e. The van der Waals surface area contributed by atoms with Crippen molar-refractivity contribution in [1.29, 1.82) is 0 Å². The van der Waals surface area contributed by atoms with E-state index in [-0.39, 0.29) is 24.0 Å². The van der Waals surface area contributed by atoms with Crippen LogP contribution in [0.15, 0.2) is 29.4 Å². The van der Waals surface area contributed by atoms with Crippen LogP contribution < -0.4 is 5.32 Å². The first-order valence-electron chi connectivity index (χ1n) is 9.10. The largest absolute Gasteiger partial charge is 0.357 e. The van der Waals surface area contributed by atoms with E-state index in [0.29, 0.717) is 0 Å². The fourth-order valence-corrected chi connectivity index (χ4v) is 3.13. The molecule has 3 heterocycles. The minimum Gasteiger partial charge on any atom is -0.357 e. The topological polar surface area (TPSA) is 57.8 Å². The Bertz CT molecular complexity index is 675. The van der Waals surface area contributed by atoms with Crippen LogP contribution in [0.3, 0.4) is 0 Å². The summed E-state index contributed by atoms with van der Waals surface area (Å²) in [7, 11) is 0. The standard InChI is InChI=1S/C18H28N6.HI/c1-3-19-18(23-13-9-15(2)10-14-23)20-11-6-8-17-22-21-16-7-4-5-12-24(16)17;/h4-5,7,12,15H,3,6,8-11,13-14H2,1-2H3,(H,19,20);1H. The van der Waals surface area contributed by atoms with Crippen molar-refractivity contribution >= 4 is 35.6 Å². The first-order valence-corrected chi connectivity index (χ1v) is 9.10. The summed E-state index contributed by atoms with van der Waals surface area (Å²) < 4.78 is 2.06. The molecule has 1 N–H and O–H groups in total. The molecule has 1 saturated heterocycles. The van der Waals surface area contributed by atoms with Crippen molar-refractivity contribution in [2.45, 2.75) is 39.5 Å². The number of pyridine rings is 1. The maximum Gasteiger partial charge on any atom is 0.193 e. The number of guanidine groups is 1. The highest BCUT2D eigenvalue weighted by Gasteiger charge is 2.18. The van der Waals surface area contributed by atoms with E-state index in [9.17, 15) is 0 Å². The average molecular weight is 456 g/mol. The summed E-state index contributed by atoms with van der Waals surface area (Å²) >= 11 is 0. The molecule has 0 aliphatic carbocycles. The fraction of sp³-hybridized carbons (Fsp3) is 0.611. The van der Waals surface area contributed by atoms with Gasteiger partial charge in [-0.3, -0.25) is 9.39 Å². The monoisotopic (exact) mass is 456 g/mol. The molecule has 3 rings (SSSR count). The van der Waals surface area contributed by atoms with E-state index in [4.69, 9.17) is 4.99 Å². The fourth-order valence-electron chi connectivity index (χ4n) is 3.13. The quantitative estimate of drug-likeness (QED) is 0.325. The van der Waals surface area contributed by atoms with Gasteiger partial charge in [0.25, 0.3) is 0 Å². The third-order valence-electron chi connectivity index (χ3n) is 4.62. The summed E-state index contributed by atoms with van der Waals surface area (Å²) in [6.07, 6.45) is 6.42. The van der Waals surface area contributed by atoms with Crippen LogP contribution in [0.5, 0.6) is 0 Å². The third-order valence-corrected chi connectivity index (χ3v) is 4.62. The number of rotatable bonds is 5. The Morgan fingerprint density at radius 3 is 2.84 bits per heavy atom.